The number of benzene rings is 1. The van der Waals surface area contributed by atoms with E-state index in [-0.39, 0.29) is 0 Å². The Balaban J connectivity index is 2.69. The molecular weight excluding hydrogens is 250 g/mol. The van der Waals surface area contributed by atoms with Gasteiger partial charge in [0, 0.05) is 0 Å². The molecule has 0 saturated carbocycles. The standard InChI is InChI=1S/C7H6N3O.Ag/c1-11-5-2-3-6-7(4-5)9-10-8-6;/h2-4H,1H3;/q-1;+1. The molecule has 0 fully saturated rings. The van der Waals surface area contributed by atoms with Crippen molar-refractivity contribution in [2.45, 2.75) is 0 Å². The molecule has 0 spiro atoms. The predicted molar refractivity (Wildman–Crippen MR) is 39.5 cm³/mol. The summed E-state index contributed by atoms with van der Waals surface area (Å²) in [5.41, 5.74) is 1.74. The maximum absolute atomic E-state index is 5.04. The summed E-state index contributed by atoms with van der Waals surface area (Å²) in [7, 11) is 1.62. The SMILES string of the molecule is COc1ccc2c(c1)nn[n]2[Ag]. The van der Waals surface area contributed by atoms with Crippen LogP contribution in [0.3, 0.4) is 0 Å². The average Bonchev–Trinajstić information content (AvgIpc) is 2.47. The number of methoxy groups -OCH3 is 1. The Morgan fingerprint density at radius 2 is 2.33 bits per heavy atom. The van der Waals surface area contributed by atoms with Crippen molar-refractivity contribution in [1.29, 1.82) is 0 Å². The Bertz CT molecular complexity index is 412. The summed E-state index contributed by atoms with van der Waals surface area (Å²) >= 11 is 3.23. The number of aromatic nitrogens is 3. The second-order valence-electron chi connectivity index (χ2n) is 2.27. The fourth-order valence-electron chi connectivity index (χ4n) is 0.984. The zero-order valence-corrected chi connectivity index (χ0v) is 7.77. The molecule has 5 heteroatoms. The zero-order chi connectivity index (χ0) is 8.55. The molecule has 0 saturated heterocycles. The van der Waals surface area contributed by atoms with Crippen LogP contribution in [0.2, 0.25) is 0 Å². The van der Waals surface area contributed by atoms with Gasteiger partial charge in [-0.05, 0) is 0 Å². The number of ether oxygens (including phenoxy) is 1. The van der Waals surface area contributed by atoms with E-state index in [0.29, 0.717) is 0 Å². The molecule has 0 aliphatic carbocycles. The first-order chi connectivity index (χ1) is 5.81. The number of fused-ring (bicyclic) bond motifs is 1. The third-order valence-electron chi connectivity index (χ3n) is 1.59. The first-order valence-electron chi connectivity index (χ1n) is 3.33. The molecule has 1 aromatic carbocycles. The number of rotatable bonds is 1. The molecule has 0 unspecified atom stereocenters. The second kappa shape index (κ2) is 2.90. The van der Waals surface area contributed by atoms with Crippen LogP contribution in [-0.2, 0) is 21.3 Å². The van der Waals surface area contributed by atoms with E-state index in [9.17, 15) is 0 Å². The summed E-state index contributed by atoms with van der Waals surface area (Å²) in [6.45, 7) is 0. The molecule has 2 aromatic rings. The minimum atomic E-state index is 0.787. The molecule has 1 aromatic heterocycles. The normalized spacial score (nSPS) is 10.6. The van der Waals surface area contributed by atoms with E-state index in [4.69, 9.17) is 4.74 Å². The molecule has 0 N–H and O–H groups in total. The molecule has 0 aliphatic heterocycles. The maximum atomic E-state index is 5.04. The molecule has 1 heterocycles. The van der Waals surface area contributed by atoms with Gasteiger partial charge < -0.3 is 0 Å². The first-order valence-corrected chi connectivity index (χ1v) is 4.00. The quantitative estimate of drug-likeness (QED) is 0.707. The molecule has 2 rings (SSSR count). The van der Waals surface area contributed by atoms with Gasteiger partial charge in [0.05, 0.1) is 0 Å². The van der Waals surface area contributed by atoms with Crippen molar-refractivity contribution in [3.63, 3.8) is 0 Å². The van der Waals surface area contributed by atoms with E-state index in [1.54, 1.807) is 10.2 Å². The molecule has 0 atom stereocenters. The summed E-state index contributed by atoms with van der Waals surface area (Å²) in [6, 6.07) is 5.59. The summed E-state index contributed by atoms with van der Waals surface area (Å²) < 4.78 is 6.58. The van der Waals surface area contributed by atoms with Crippen LogP contribution < -0.4 is 4.74 Å². The molecule has 0 bridgehead atoms. The van der Waals surface area contributed by atoms with Gasteiger partial charge in [-0.1, -0.05) is 0 Å². The van der Waals surface area contributed by atoms with E-state index in [2.05, 4.69) is 31.6 Å². The van der Waals surface area contributed by atoms with E-state index in [0.717, 1.165) is 16.8 Å². The van der Waals surface area contributed by atoms with E-state index >= 15 is 0 Å². The number of nitrogens with zero attached hydrogens (tertiary/aromatic N) is 3. The van der Waals surface area contributed by atoms with Gasteiger partial charge in [0.2, 0.25) is 0 Å². The van der Waals surface area contributed by atoms with Crippen LogP contribution >= 0.6 is 0 Å². The Morgan fingerprint density at radius 3 is 3.08 bits per heavy atom. The van der Waals surface area contributed by atoms with Crippen molar-refractivity contribution in [2.75, 3.05) is 7.11 Å². The molecule has 0 amide bonds. The summed E-state index contributed by atoms with van der Waals surface area (Å²) in [5.74, 6) is 0.787. The van der Waals surface area contributed by atoms with Crippen LogP contribution in [-0.4, -0.2) is 20.5 Å². The molecule has 66 valence electrons. The predicted octanol–water partition coefficient (Wildman–Crippen LogP) is 0.750. The Labute approximate surface area is 81.7 Å². The van der Waals surface area contributed by atoms with Gasteiger partial charge in [-0.25, -0.2) is 0 Å². The third kappa shape index (κ3) is 1.14. The molecule has 12 heavy (non-hydrogen) atoms. The van der Waals surface area contributed by atoms with Gasteiger partial charge in [0.1, 0.15) is 0 Å². The van der Waals surface area contributed by atoms with Crippen molar-refractivity contribution in [2.24, 2.45) is 0 Å². The monoisotopic (exact) mass is 255 g/mol. The molecule has 0 radical (unpaired) electrons. The van der Waals surface area contributed by atoms with Crippen molar-refractivity contribution < 1.29 is 26.1 Å². The fraction of sp³-hybridized carbons (Fsp3) is 0.143. The van der Waals surface area contributed by atoms with Crippen LogP contribution in [0, 0.1) is 0 Å². The van der Waals surface area contributed by atoms with E-state index < -0.39 is 0 Å². The topological polar surface area (TPSA) is 39.9 Å². The number of hydrogen-bond donors (Lipinski definition) is 0. The first kappa shape index (κ1) is 7.79. The molecular formula is C7H6AgN3O. The van der Waals surface area contributed by atoms with E-state index in [1.165, 1.54) is 0 Å². The van der Waals surface area contributed by atoms with Crippen molar-refractivity contribution in [1.82, 2.24) is 13.4 Å². The van der Waals surface area contributed by atoms with Gasteiger partial charge in [-0.2, -0.15) is 0 Å². The minimum absolute atomic E-state index is 0.787. The second-order valence-corrected chi connectivity index (χ2v) is 2.90. The Hall–Kier alpha value is -0.840. The third-order valence-corrected chi connectivity index (χ3v) is 2.08. The average molecular weight is 256 g/mol. The number of hydrogen-bond acceptors (Lipinski definition) is 3. The zero-order valence-electron chi connectivity index (χ0n) is 6.28. The van der Waals surface area contributed by atoms with Crippen molar-refractivity contribution >= 4 is 11.0 Å². The van der Waals surface area contributed by atoms with Gasteiger partial charge in [-0.3, -0.25) is 0 Å². The van der Waals surface area contributed by atoms with E-state index in [1.807, 2.05) is 18.2 Å². The summed E-state index contributed by atoms with van der Waals surface area (Å²) in [5, 5.41) is 7.71. The Kier molecular flexibility index (Phi) is 1.88. The van der Waals surface area contributed by atoms with Crippen LogP contribution in [0.5, 0.6) is 5.75 Å². The fourth-order valence-corrected chi connectivity index (χ4v) is 1.33. The van der Waals surface area contributed by atoms with Gasteiger partial charge in [0.15, 0.2) is 0 Å². The van der Waals surface area contributed by atoms with Crippen LogP contribution in [0.25, 0.3) is 11.0 Å². The summed E-state index contributed by atoms with van der Waals surface area (Å²) in [6.07, 6.45) is 0. The van der Waals surface area contributed by atoms with Crippen molar-refractivity contribution in [3.8, 4) is 5.75 Å². The molecule has 4 nitrogen and oxygen atoms in total. The van der Waals surface area contributed by atoms with Gasteiger partial charge >= 0.3 is 81.6 Å². The Morgan fingerprint density at radius 1 is 1.50 bits per heavy atom. The summed E-state index contributed by atoms with van der Waals surface area (Å²) in [4.78, 5) is 0. The molecule has 0 aliphatic rings. The van der Waals surface area contributed by atoms with Crippen LogP contribution in [0.15, 0.2) is 18.2 Å². The van der Waals surface area contributed by atoms with Crippen LogP contribution in [0.1, 0.15) is 0 Å². The van der Waals surface area contributed by atoms with Gasteiger partial charge in [0.25, 0.3) is 0 Å². The van der Waals surface area contributed by atoms with Gasteiger partial charge in [-0.15, -0.1) is 0 Å². The van der Waals surface area contributed by atoms with Crippen molar-refractivity contribution in [3.05, 3.63) is 18.2 Å². The van der Waals surface area contributed by atoms with Crippen LogP contribution in [0.4, 0.5) is 0 Å².